The highest BCUT2D eigenvalue weighted by molar-refractivity contribution is 8.03. The van der Waals surface area contributed by atoms with E-state index in [9.17, 15) is 43.5 Å². The van der Waals surface area contributed by atoms with E-state index in [1.54, 1.807) is 52.4 Å². The fourth-order valence-corrected chi connectivity index (χ4v) is 12.1. The fraction of sp³-hybridized carbons (Fsp3) is 0.492. The van der Waals surface area contributed by atoms with Crippen molar-refractivity contribution in [2.24, 2.45) is 22.6 Å². The highest BCUT2D eigenvalue weighted by Crippen LogP contribution is 2.43. The van der Waals surface area contributed by atoms with Crippen LogP contribution in [0.15, 0.2) is 88.8 Å². The minimum absolute atomic E-state index is 0.0148. The molecule has 23 heteroatoms. The number of amides is 7. The summed E-state index contributed by atoms with van der Waals surface area (Å²) in [6.45, 7) is 14.2. The molecular weight excluding hydrogens is 1150 g/mol. The van der Waals surface area contributed by atoms with Gasteiger partial charge in [-0.1, -0.05) is 68.8 Å². The Morgan fingerprint density at radius 3 is 2.11 bits per heavy atom. The Hall–Kier alpha value is -8.18. The first-order valence-electron chi connectivity index (χ1n) is 30.1. The molecule has 88 heavy (non-hydrogen) atoms. The quantitative estimate of drug-likeness (QED) is 0.0351. The molecule has 2 fully saturated rings. The summed E-state index contributed by atoms with van der Waals surface area (Å²) in [5.41, 5.74) is 9.22. The number of fused-ring (bicyclic) bond motifs is 4. The standard InChI is InChI=1S/C65H82N8O14S/c1-39(2)46(30-45(74)15-10-8-11-23-70-24-21-58(88-7)63(70)80)59(76)69-49(16-14-22-67-64(66)81)53(75)29-42-17-19-43(20-18-42)38-87-65(82)73-51-34-57(55(84-6)32-48(51)61(78)72-37-41(4)28-52(72)62(73)79)86-26-13-9-12-25-85-56-33-50-47(31-54(56)83-5)60(77)71-36-40(3)27-44(71)35-68-50/h17-21,31-35,39,44,46,49,52,62,79H,3-4,8-16,22-30,36-38H2,1-2,5-7H3,(H,69,76)(H3,66,67,81)/t44-,46-,49-,52-,62-/m0/s1. The first kappa shape index (κ1) is 65.8. The van der Waals surface area contributed by atoms with Crippen molar-refractivity contribution in [3.63, 3.8) is 0 Å². The highest BCUT2D eigenvalue weighted by Gasteiger charge is 2.46. The van der Waals surface area contributed by atoms with E-state index in [1.807, 2.05) is 26.2 Å². The molecule has 0 saturated carbocycles. The number of nitrogens with one attached hydrogen (secondary N) is 2. The molecule has 3 aromatic carbocycles. The van der Waals surface area contributed by atoms with Crippen molar-refractivity contribution in [2.75, 3.05) is 71.3 Å². The van der Waals surface area contributed by atoms with E-state index in [2.05, 4.69) is 28.8 Å². The van der Waals surface area contributed by atoms with Gasteiger partial charge in [0.1, 0.15) is 12.4 Å². The Labute approximate surface area is 518 Å². The number of aliphatic hydroxyl groups excluding tert-OH is 1. The molecule has 0 spiro atoms. The van der Waals surface area contributed by atoms with Crippen LogP contribution in [0.4, 0.5) is 21.0 Å². The maximum absolute atomic E-state index is 14.3. The van der Waals surface area contributed by atoms with Gasteiger partial charge >= 0.3 is 12.1 Å². The van der Waals surface area contributed by atoms with Crippen molar-refractivity contribution < 1.29 is 67.1 Å². The van der Waals surface area contributed by atoms with Crippen molar-refractivity contribution in [1.82, 2.24) is 25.3 Å². The molecule has 8 rings (SSSR count). The number of aliphatic hydroxyl groups is 1. The first-order valence-corrected chi connectivity index (χ1v) is 31.3. The lowest BCUT2D eigenvalue weighted by Crippen LogP contribution is -2.50. The summed E-state index contributed by atoms with van der Waals surface area (Å²) in [5.74, 6) is -0.830. The number of aliphatic imine (C=N–C) groups is 1. The van der Waals surface area contributed by atoms with Crippen LogP contribution in [0.3, 0.4) is 0 Å². The third kappa shape index (κ3) is 16.3. The molecule has 472 valence electrons. The number of nitrogens with two attached hydrogens (primary N) is 1. The summed E-state index contributed by atoms with van der Waals surface area (Å²) >= 11 is 1.44. The molecule has 0 unspecified atom stereocenters. The number of urea groups is 1. The molecule has 0 radical (unpaired) electrons. The van der Waals surface area contributed by atoms with Crippen molar-refractivity contribution in [3.8, 4) is 23.0 Å². The number of ketones is 2. The van der Waals surface area contributed by atoms with Gasteiger partial charge in [-0.15, -0.1) is 11.8 Å². The Balaban J connectivity index is 0.859. The predicted molar refractivity (Wildman–Crippen MR) is 333 cm³/mol. The number of ether oxygens (including phenoxy) is 5. The molecule has 3 aromatic rings. The van der Waals surface area contributed by atoms with Crippen LogP contribution in [-0.4, -0.2) is 164 Å². The second kappa shape index (κ2) is 30.6. The maximum atomic E-state index is 14.3. The molecule has 5 N–H and O–H groups in total. The molecule has 7 amide bonds. The summed E-state index contributed by atoms with van der Waals surface area (Å²) in [7, 11) is 2.96. The predicted octanol–water partition coefficient (Wildman–Crippen LogP) is 7.99. The van der Waals surface area contributed by atoms with Gasteiger partial charge in [-0.2, -0.15) is 0 Å². The lowest BCUT2D eigenvalue weighted by Gasteiger charge is -2.31. The van der Waals surface area contributed by atoms with Crippen LogP contribution >= 0.6 is 11.8 Å². The third-order valence-corrected chi connectivity index (χ3v) is 17.3. The van der Waals surface area contributed by atoms with Gasteiger partial charge in [0.25, 0.3) is 17.7 Å². The van der Waals surface area contributed by atoms with E-state index in [0.717, 1.165) is 28.2 Å². The van der Waals surface area contributed by atoms with Crippen LogP contribution in [-0.2, 0) is 36.9 Å². The molecular formula is C65H82N8O14S. The summed E-state index contributed by atoms with van der Waals surface area (Å²) in [6, 6.07) is 10.5. The smallest absolute Gasteiger partial charge is 0.416 e. The number of rotatable bonds is 31. The number of hydrogen-bond donors (Lipinski definition) is 4. The van der Waals surface area contributed by atoms with Crippen LogP contribution < -0.4 is 40.2 Å². The topological polar surface area (TPSA) is 278 Å². The minimum Gasteiger partial charge on any atom is -0.493 e. The van der Waals surface area contributed by atoms with Gasteiger partial charge in [0.2, 0.25) is 5.91 Å². The lowest BCUT2D eigenvalue weighted by molar-refractivity contribution is -0.133. The first-order chi connectivity index (χ1) is 42.3. The zero-order valence-electron chi connectivity index (χ0n) is 51.0. The summed E-state index contributed by atoms with van der Waals surface area (Å²) < 4.78 is 29.6. The Morgan fingerprint density at radius 1 is 0.795 bits per heavy atom. The monoisotopic (exact) mass is 1230 g/mol. The number of anilines is 1. The number of unbranched alkanes of at least 4 members (excludes halogenated alkanes) is 4. The van der Waals surface area contributed by atoms with E-state index in [0.29, 0.717) is 111 Å². The summed E-state index contributed by atoms with van der Waals surface area (Å²) in [4.78, 5) is 118. The number of nitrogens with zero attached hydrogens (tertiary/aromatic N) is 5. The Morgan fingerprint density at radius 2 is 1.44 bits per heavy atom. The molecule has 5 atom stereocenters. The third-order valence-electron chi connectivity index (χ3n) is 16.5. The van der Waals surface area contributed by atoms with E-state index >= 15 is 0 Å². The maximum Gasteiger partial charge on any atom is 0.416 e. The molecule has 0 bridgehead atoms. The van der Waals surface area contributed by atoms with Gasteiger partial charge in [0, 0.05) is 76.3 Å². The lowest BCUT2D eigenvalue weighted by atomic mass is 9.88. The van der Waals surface area contributed by atoms with Crippen LogP contribution in [0.2, 0.25) is 0 Å². The van der Waals surface area contributed by atoms with Gasteiger partial charge in [0.15, 0.2) is 35.0 Å². The fourth-order valence-electron chi connectivity index (χ4n) is 11.6. The van der Waals surface area contributed by atoms with Gasteiger partial charge in [0.05, 0.1) is 73.0 Å². The van der Waals surface area contributed by atoms with Crippen molar-refractivity contribution in [3.05, 3.63) is 106 Å². The second-order valence-corrected chi connectivity index (χ2v) is 24.1. The normalized spacial score (nSPS) is 18.4. The highest BCUT2D eigenvalue weighted by atomic mass is 32.2. The SMILES string of the molecule is C=C1C[C@H]2C=Nc3cc(OCCCCCOc4cc5c(cc4OC)C(=O)N4CC(=C)C[C@H]4[C@H](O)N5C(=O)OCc4ccc(CC(=O)[C@H](CCCNC(N)=O)NC(=O)[C@@H](CC(=O)CCCCCN5CC=C(SC)C5=O)C(C)C)cc4)c(OC)cc3C(=O)N2C1. The number of thioether (sulfide) groups is 1. The molecule has 0 aliphatic carbocycles. The van der Waals surface area contributed by atoms with Gasteiger partial charge in [-0.05, 0) is 99.3 Å². The molecule has 5 heterocycles. The zero-order chi connectivity index (χ0) is 63.2. The van der Waals surface area contributed by atoms with Crippen molar-refractivity contribution >= 4 is 76.7 Å². The van der Waals surface area contributed by atoms with E-state index < -0.39 is 48.2 Å². The molecule has 2 saturated heterocycles. The van der Waals surface area contributed by atoms with Gasteiger partial charge < -0.3 is 59.9 Å². The average molecular weight is 1230 g/mol. The summed E-state index contributed by atoms with van der Waals surface area (Å²) in [6.07, 6.45) is 8.87. The molecule has 5 aliphatic heterocycles. The number of Topliss-reactive ketones (excluding diaryl/α,β-unsaturated/α-hetero) is 2. The van der Waals surface area contributed by atoms with Crippen LogP contribution in [0.1, 0.15) is 123 Å². The van der Waals surface area contributed by atoms with Crippen molar-refractivity contribution in [1.29, 1.82) is 0 Å². The van der Waals surface area contributed by atoms with Crippen LogP contribution in [0.5, 0.6) is 23.0 Å². The molecule has 22 nitrogen and oxygen atoms in total. The average Bonchev–Trinajstić information content (AvgIpc) is 1.81. The second-order valence-electron chi connectivity index (χ2n) is 23.2. The van der Waals surface area contributed by atoms with Crippen LogP contribution in [0.25, 0.3) is 0 Å². The van der Waals surface area contributed by atoms with E-state index in [1.165, 1.54) is 43.0 Å². The number of hydrogen-bond acceptors (Lipinski definition) is 16. The molecule has 0 aromatic heterocycles. The van der Waals surface area contributed by atoms with Gasteiger partial charge in [-0.3, -0.25) is 33.8 Å². The summed E-state index contributed by atoms with van der Waals surface area (Å²) in [5, 5.41) is 17.4. The largest absolute Gasteiger partial charge is 0.493 e. The molecule has 5 aliphatic rings. The van der Waals surface area contributed by atoms with Gasteiger partial charge in [-0.25, -0.2) is 14.5 Å². The Bertz CT molecular complexity index is 3200. The number of methoxy groups -OCH3 is 2. The van der Waals surface area contributed by atoms with Crippen LogP contribution in [0, 0.1) is 11.8 Å². The minimum atomic E-state index is -1.53. The zero-order valence-corrected chi connectivity index (χ0v) is 51.8. The number of carbonyl (C=O) groups is 8. The number of benzene rings is 3. The van der Waals surface area contributed by atoms with Crippen molar-refractivity contribution in [2.45, 2.75) is 128 Å². The number of carbonyl (C=O) groups excluding carboxylic acids is 8. The van der Waals surface area contributed by atoms with E-state index in [-0.39, 0.29) is 110 Å². The Kier molecular flexibility index (Phi) is 22.9. The van der Waals surface area contributed by atoms with E-state index in [4.69, 9.17) is 29.4 Å². The number of primary amides is 1.